The van der Waals surface area contributed by atoms with Crippen molar-refractivity contribution >= 4 is 40.3 Å². The van der Waals surface area contributed by atoms with E-state index in [1.54, 1.807) is 18.5 Å². The number of fused-ring (bicyclic) bond motifs is 1. The van der Waals surface area contributed by atoms with Crippen LogP contribution in [-0.2, 0) is 4.79 Å². The third kappa shape index (κ3) is 4.58. The summed E-state index contributed by atoms with van der Waals surface area (Å²) < 4.78 is 0. The van der Waals surface area contributed by atoms with Crippen LogP contribution in [-0.4, -0.2) is 46.6 Å². The van der Waals surface area contributed by atoms with E-state index in [0.29, 0.717) is 29.2 Å². The minimum Gasteiger partial charge on any atom is -0.390 e. The maximum Gasteiger partial charge on any atom is 0.224 e. The van der Waals surface area contributed by atoms with Crippen LogP contribution in [0.5, 0.6) is 0 Å². The van der Waals surface area contributed by atoms with Crippen molar-refractivity contribution in [2.75, 3.05) is 19.6 Å². The summed E-state index contributed by atoms with van der Waals surface area (Å²) >= 11 is 5.93. The van der Waals surface area contributed by atoms with Crippen LogP contribution < -0.4 is 5.32 Å². The molecule has 7 heteroatoms. The summed E-state index contributed by atoms with van der Waals surface area (Å²) in [6.07, 6.45) is 8.57. The van der Waals surface area contributed by atoms with Crippen LogP contribution in [0.2, 0.25) is 5.15 Å². The molecule has 136 valence electrons. The highest BCUT2D eigenvalue weighted by Gasteiger charge is 2.15. The number of aromatic nitrogens is 2. The molecular weight excluding hydrogens is 350 g/mol. The molecule has 0 bridgehead atoms. The highest BCUT2D eigenvalue weighted by Crippen LogP contribution is 2.18. The molecule has 2 N–H and O–H groups in total. The van der Waals surface area contributed by atoms with Crippen LogP contribution in [0, 0.1) is 5.41 Å². The summed E-state index contributed by atoms with van der Waals surface area (Å²) in [5.74, 6) is 0.188. The van der Waals surface area contributed by atoms with Crippen molar-refractivity contribution < 1.29 is 4.79 Å². The number of pyridine rings is 2. The summed E-state index contributed by atoms with van der Waals surface area (Å²) in [7, 11) is 0. The van der Waals surface area contributed by atoms with Gasteiger partial charge in [0.05, 0.1) is 11.0 Å². The molecule has 2 aromatic rings. The number of hydrogen-bond donors (Lipinski definition) is 2. The zero-order valence-electron chi connectivity index (χ0n) is 14.5. The van der Waals surface area contributed by atoms with Crippen molar-refractivity contribution in [1.82, 2.24) is 20.2 Å². The summed E-state index contributed by atoms with van der Waals surface area (Å²) in [6.45, 7) is 2.29. The number of halogens is 1. The molecule has 0 atom stereocenters. The standard InChI is InChI=1S/C19H22ClN5O/c20-18-5-4-16-17(24-18)10-14(13-23-16)15(11-21)12-22-7-6-19(26)25-8-2-1-3-9-25/h4-5,10-13,21-22H,1-3,6-9H2/b15-12+,21-11?. The zero-order chi connectivity index (χ0) is 18.4. The lowest BCUT2D eigenvalue weighted by molar-refractivity contribution is -0.131. The highest BCUT2D eigenvalue weighted by molar-refractivity contribution is 6.29. The van der Waals surface area contributed by atoms with Crippen LogP contribution in [0.15, 0.2) is 30.6 Å². The third-order valence-corrected chi connectivity index (χ3v) is 4.65. The van der Waals surface area contributed by atoms with Crippen molar-refractivity contribution in [3.63, 3.8) is 0 Å². The Morgan fingerprint density at radius 1 is 1.27 bits per heavy atom. The molecule has 0 saturated carbocycles. The van der Waals surface area contributed by atoms with Gasteiger partial charge in [-0.2, -0.15) is 0 Å². The molecule has 1 aliphatic rings. The van der Waals surface area contributed by atoms with E-state index >= 15 is 0 Å². The van der Waals surface area contributed by atoms with Gasteiger partial charge in [-0.1, -0.05) is 11.6 Å². The Labute approximate surface area is 157 Å². The van der Waals surface area contributed by atoms with Crippen LogP contribution >= 0.6 is 11.6 Å². The molecule has 26 heavy (non-hydrogen) atoms. The average Bonchev–Trinajstić information content (AvgIpc) is 2.68. The Bertz CT molecular complexity index is 830. The van der Waals surface area contributed by atoms with Crippen molar-refractivity contribution in [2.24, 2.45) is 0 Å². The van der Waals surface area contributed by atoms with E-state index in [-0.39, 0.29) is 5.91 Å². The monoisotopic (exact) mass is 371 g/mol. The number of piperidine rings is 1. The molecule has 0 unspecified atom stereocenters. The number of rotatable bonds is 6. The van der Waals surface area contributed by atoms with Crippen LogP contribution in [0.4, 0.5) is 0 Å². The average molecular weight is 372 g/mol. The maximum absolute atomic E-state index is 12.2. The van der Waals surface area contributed by atoms with E-state index in [0.717, 1.165) is 37.0 Å². The first-order chi connectivity index (χ1) is 12.7. The lowest BCUT2D eigenvalue weighted by Gasteiger charge is -2.26. The van der Waals surface area contributed by atoms with E-state index in [1.807, 2.05) is 17.0 Å². The molecule has 1 amide bonds. The van der Waals surface area contributed by atoms with Crippen LogP contribution in [0.1, 0.15) is 31.2 Å². The number of nitrogens with one attached hydrogen (secondary N) is 2. The Hall–Kier alpha value is -2.47. The second kappa shape index (κ2) is 8.76. The molecule has 6 nitrogen and oxygen atoms in total. The quantitative estimate of drug-likeness (QED) is 0.464. The van der Waals surface area contributed by atoms with Gasteiger partial charge >= 0.3 is 0 Å². The van der Waals surface area contributed by atoms with Gasteiger partial charge in [0, 0.05) is 55.8 Å². The smallest absolute Gasteiger partial charge is 0.224 e. The van der Waals surface area contributed by atoms with Crippen molar-refractivity contribution in [3.05, 3.63) is 41.3 Å². The van der Waals surface area contributed by atoms with E-state index in [9.17, 15) is 4.79 Å². The summed E-state index contributed by atoms with van der Waals surface area (Å²) in [5.41, 5.74) is 2.88. The molecule has 0 aliphatic carbocycles. The number of amides is 1. The first-order valence-corrected chi connectivity index (χ1v) is 9.19. The van der Waals surface area contributed by atoms with Crippen LogP contribution in [0.25, 0.3) is 16.6 Å². The van der Waals surface area contributed by atoms with Gasteiger partial charge in [0.2, 0.25) is 5.91 Å². The van der Waals surface area contributed by atoms with Gasteiger partial charge in [0.25, 0.3) is 0 Å². The number of allylic oxidation sites excluding steroid dienone is 1. The molecule has 1 fully saturated rings. The van der Waals surface area contributed by atoms with Gasteiger partial charge in [-0.25, -0.2) is 4.98 Å². The number of hydrogen-bond acceptors (Lipinski definition) is 5. The van der Waals surface area contributed by atoms with Crippen molar-refractivity contribution in [3.8, 4) is 0 Å². The van der Waals surface area contributed by atoms with E-state index in [1.165, 1.54) is 12.6 Å². The maximum atomic E-state index is 12.2. The minimum absolute atomic E-state index is 0.188. The first kappa shape index (κ1) is 18.3. The summed E-state index contributed by atoms with van der Waals surface area (Å²) in [4.78, 5) is 22.7. The SMILES string of the molecule is N=C/C(=C\NCCC(=O)N1CCCCC1)c1cnc2ccc(Cl)nc2c1. The Morgan fingerprint density at radius 3 is 2.85 bits per heavy atom. The molecule has 3 heterocycles. The van der Waals surface area contributed by atoms with Crippen molar-refractivity contribution in [1.29, 1.82) is 5.41 Å². The molecule has 3 rings (SSSR count). The lowest BCUT2D eigenvalue weighted by Crippen LogP contribution is -2.36. The topological polar surface area (TPSA) is 82.0 Å². The molecule has 0 radical (unpaired) electrons. The largest absolute Gasteiger partial charge is 0.390 e. The van der Waals surface area contributed by atoms with Crippen molar-refractivity contribution in [2.45, 2.75) is 25.7 Å². The van der Waals surface area contributed by atoms with Gasteiger partial charge in [0.15, 0.2) is 0 Å². The number of carbonyl (C=O) groups is 1. The second-order valence-corrected chi connectivity index (χ2v) is 6.67. The summed E-state index contributed by atoms with van der Waals surface area (Å²) in [5, 5.41) is 11.2. The summed E-state index contributed by atoms with van der Waals surface area (Å²) in [6, 6.07) is 5.36. The van der Waals surface area contributed by atoms with Gasteiger partial charge in [0.1, 0.15) is 5.15 Å². The van der Waals surface area contributed by atoms with Gasteiger partial charge < -0.3 is 15.6 Å². The van der Waals surface area contributed by atoms with Gasteiger partial charge in [-0.3, -0.25) is 9.78 Å². The molecule has 2 aromatic heterocycles. The molecule has 0 spiro atoms. The normalized spacial score (nSPS) is 15.1. The van der Waals surface area contributed by atoms with E-state index in [2.05, 4.69) is 15.3 Å². The fourth-order valence-corrected chi connectivity index (χ4v) is 3.16. The number of carbonyl (C=O) groups excluding carboxylic acids is 1. The minimum atomic E-state index is 0.188. The number of nitrogens with zero attached hydrogens (tertiary/aromatic N) is 3. The second-order valence-electron chi connectivity index (χ2n) is 6.29. The molecule has 0 aromatic carbocycles. The van der Waals surface area contributed by atoms with E-state index in [4.69, 9.17) is 17.0 Å². The fraction of sp³-hybridized carbons (Fsp3) is 0.368. The Kier molecular flexibility index (Phi) is 6.17. The van der Waals surface area contributed by atoms with E-state index < -0.39 is 0 Å². The highest BCUT2D eigenvalue weighted by atomic mass is 35.5. The zero-order valence-corrected chi connectivity index (χ0v) is 15.3. The Balaban J connectivity index is 1.61. The van der Waals surface area contributed by atoms with Gasteiger partial charge in [-0.15, -0.1) is 0 Å². The third-order valence-electron chi connectivity index (χ3n) is 4.44. The first-order valence-electron chi connectivity index (χ1n) is 8.82. The molecular formula is C19H22ClN5O. The predicted octanol–water partition coefficient (Wildman–Crippen LogP) is 3.27. The molecule has 1 saturated heterocycles. The number of likely N-dealkylation sites (tertiary alicyclic amines) is 1. The van der Waals surface area contributed by atoms with Gasteiger partial charge in [-0.05, 0) is 37.5 Å². The lowest BCUT2D eigenvalue weighted by atomic mass is 10.1. The predicted molar refractivity (Wildman–Crippen MR) is 104 cm³/mol. The Morgan fingerprint density at radius 2 is 2.08 bits per heavy atom. The fourth-order valence-electron chi connectivity index (χ4n) is 3.01. The van der Waals surface area contributed by atoms with Crippen LogP contribution in [0.3, 0.4) is 0 Å². The molecule has 1 aliphatic heterocycles.